The number of hydrogen-bond acceptors (Lipinski definition) is 5. The minimum atomic E-state index is -0.406. The standard InChI is InChI=1S/C21H17NO4/c1-24-20-7-13(11-22)5-6-18(20)26-21(23)10-16-12-25-19-9-15-4-2-3-14(15)8-17(16)19/h5-9,12H,2-4,10H2,1H3. The molecule has 1 heterocycles. The zero-order valence-corrected chi connectivity index (χ0v) is 14.4. The van der Waals surface area contributed by atoms with Gasteiger partial charge < -0.3 is 13.9 Å². The second-order valence-corrected chi connectivity index (χ2v) is 6.36. The maximum atomic E-state index is 12.4. The number of rotatable bonds is 4. The van der Waals surface area contributed by atoms with E-state index in [2.05, 4.69) is 12.1 Å². The molecule has 2 aromatic carbocycles. The van der Waals surface area contributed by atoms with Gasteiger partial charge in [-0.15, -0.1) is 0 Å². The Kier molecular flexibility index (Phi) is 4.10. The lowest BCUT2D eigenvalue weighted by Gasteiger charge is -2.09. The van der Waals surface area contributed by atoms with Gasteiger partial charge in [0.1, 0.15) is 5.58 Å². The largest absolute Gasteiger partial charge is 0.493 e. The van der Waals surface area contributed by atoms with Gasteiger partial charge in [-0.05, 0) is 54.7 Å². The third kappa shape index (κ3) is 2.91. The Morgan fingerprint density at radius 2 is 2.00 bits per heavy atom. The number of ether oxygens (including phenoxy) is 2. The number of fused-ring (bicyclic) bond motifs is 2. The van der Waals surface area contributed by atoms with Crippen LogP contribution in [0.25, 0.3) is 11.0 Å². The van der Waals surface area contributed by atoms with Gasteiger partial charge in [-0.25, -0.2) is 0 Å². The molecule has 1 aliphatic rings. The smallest absolute Gasteiger partial charge is 0.315 e. The number of furan rings is 1. The summed E-state index contributed by atoms with van der Waals surface area (Å²) >= 11 is 0. The zero-order valence-electron chi connectivity index (χ0n) is 14.4. The lowest BCUT2D eigenvalue weighted by atomic mass is 10.0. The van der Waals surface area contributed by atoms with E-state index in [0.717, 1.165) is 35.8 Å². The second-order valence-electron chi connectivity index (χ2n) is 6.36. The zero-order chi connectivity index (χ0) is 18.1. The first-order valence-electron chi connectivity index (χ1n) is 8.48. The third-order valence-electron chi connectivity index (χ3n) is 4.72. The fourth-order valence-corrected chi connectivity index (χ4v) is 3.42. The highest BCUT2D eigenvalue weighted by molar-refractivity contribution is 5.87. The molecule has 0 N–H and O–H groups in total. The molecule has 130 valence electrons. The monoisotopic (exact) mass is 347 g/mol. The quantitative estimate of drug-likeness (QED) is 0.528. The van der Waals surface area contributed by atoms with Crippen LogP contribution in [0.1, 0.15) is 28.7 Å². The fraction of sp³-hybridized carbons (Fsp3) is 0.238. The summed E-state index contributed by atoms with van der Waals surface area (Å²) in [5.41, 5.74) is 4.73. The van der Waals surface area contributed by atoms with Crippen molar-refractivity contribution in [2.75, 3.05) is 7.11 Å². The molecule has 0 aliphatic heterocycles. The van der Waals surface area contributed by atoms with Crippen molar-refractivity contribution in [2.45, 2.75) is 25.7 Å². The second kappa shape index (κ2) is 6.57. The highest BCUT2D eigenvalue weighted by Gasteiger charge is 2.18. The molecule has 5 heteroatoms. The van der Waals surface area contributed by atoms with Crippen LogP contribution in [-0.2, 0) is 24.1 Å². The van der Waals surface area contributed by atoms with Gasteiger partial charge in [-0.2, -0.15) is 5.26 Å². The summed E-state index contributed by atoms with van der Waals surface area (Å²) in [6.45, 7) is 0. The molecule has 1 aliphatic carbocycles. The highest BCUT2D eigenvalue weighted by atomic mass is 16.6. The van der Waals surface area contributed by atoms with E-state index in [4.69, 9.17) is 19.2 Å². The fourth-order valence-electron chi connectivity index (χ4n) is 3.42. The highest BCUT2D eigenvalue weighted by Crippen LogP contribution is 2.31. The summed E-state index contributed by atoms with van der Waals surface area (Å²) in [5, 5.41) is 9.91. The maximum Gasteiger partial charge on any atom is 0.315 e. The van der Waals surface area contributed by atoms with Crippen molar-refractivity contribution in [1.29, 1.82) is 5.26 Å². The minimum absolute atomic E-state index is 0.106. The third-order valence-corrected chi connectivity index (χ3v) is 4.72. The van der Waals surface area contributed by atoms with Crippen LogP contribution < -0.4 is 9.47 Å². The van der Waals surface area contributed by atoms with Crippen LogP contribution in [0.3, 0.4) is 0 Å². The van der Waals surface area contributed by atoms with E-state index in [1.807, 2.05) is 6.07 Å². The molecule has 4 rings (SSSR count). The van der Waals surface area contributed by atoms with Crippen LogP contribution in [0.4, 0.5) is 0 Å². The molecular formula is C21H17NO4. The molecule has 0 fully saturated rings. The number of carbonyl (C=O) groups excluding carboxylic acids is 1. The van der Waals surface area contributed by atoms with Gasteiger partial charge in [0.05, 0.1) is 31.4 Å². The van der Waals surface area contributed by atoms with Gasteiger partial charge in [0.25, 0.3) is 0 Å². The first-order valence-corrected chi connectivity index (χ1v) is 8.48. The van der Waals surface area contributed by atoms with E-state index in [1.54, 1.807) is 24.5 Å². The molecular weight excluding hydrogens is 330 g/mol. The van der Waals surface area contributed by atoms with Gasteiger partial charge in [0.15, 0.2) is 11.5 Å². The summed E-state index contributed by atoms with van der Waals surface area (Å²) < 4.78 is 16.3. The summed E-state index contributed by atoms with van der Waals surface area (Å²) in [4.78, 5) is 12.4. The number of methoxy groups -OCH3 is 1. The van der Waals surface area contributed by atoms with Crippen LogP contribution >= 0.6 is 0 Å². The van der Waals surface area contributed by atoms with Crippen molar-refractivity contribution >= 4 is 16.9 Å². The van der Waals surface area contributed by atoms with Gasteiger partial charge >= 0.3 is 5.97 Å². The average molecular weight is 347 g/mol. The number of esters is 1. The van der Waals surface area contributed by atoms with Crippen molar-refractivity contribution in [3.05, 3.63) is 58.8 Å². The Hall–Kier alpha value is -3.26. The molecule has 0 radical (unpaired) electrons. The van der Waals surface area contributed by atoms with Crippen molar-refractivity contribution in [3.8, 4) is 17.6 Å². The molecule has 0 atom stereocenters. The Labute approximate surface area is 150 Å². The average Bonchev–Trinajstić information content (AvgIpc) is 3.26. The van der Waals surface area contributed by atoms with Crippen molar-refractivity contribution in [1.82, 2.24) is 0 Å². The normalized spacial score (nSPS) is 12.6. The molecule has 0 saturated carbocycles. The van der Waals surface area contributed by atoms with Crippen LogP contribution in [0.15, 0.2) is 41.0 Å². The first-order chi connectivity index (χ1) is 12.7. The van der Waals surface area contributed by atoms with E-state index in [9.17, 15) is 4.79 Å². The number of carbonyl (C=O) groups is 1. The Bertz CT molecular complexity index is 1040. The molecule has 1 aromatic heterocycles. The summed E-state index contributed by atoms with van der Waals surface area (Å²) in [6.07, 6.45) is 5.05. The van der Waals surface area contributed by atoms with Gasteiger partial charge in [0.2, 0.25) is 0 Å². The molecule has 0 amide bonds. The van der Waals surface area contributed by atoms with Crippen LogP contribution in [0.5, 0.6) is 11.5 Å². The number of hydrogen-bond donors (Lipinski definition) is 0. The van der Waals surface area contributed by atoms with Crippen molar-refractivity contribution < 1.29 is 18.7 Å². The van der Waals surface area contributed by atoms with E-state index in [-0.39, 0.29) is 6.42 Å². The van der Waals surface area contributed by atoms with E-state index >= 15 is 0 Å². The molecule has 0 spiro atoms. The molecule has 26 heavy (non-hydrogen) atoms. The van der Waals surface area contributed by atoms with E-state index in [0.29, 0.717) is 17.1 Å². The van der Waals surface area contributed by atoms with E-state index in [1.165, 1.54) is 18.2 Å². The number of nitrogens with zero attached hydrogens (tertiary/aromatic N) is 1. The summed E-state index contributed by atoms with van der Waals surface area (Å²) in [6, 6.07) is 10.9. The molecule has 0 saturated heterocycles. The van der Waals surface area contributed by atoms with Crippen molar-refractivity contribution in [2.24, 2.45) is 0 Å². The topological polar surface area (TPSA) is 72.5 Å². The predicted octanol–water partition coefficient (Wildman–Crippen LogP) is 3.95. The van der Waals surface area contributed by atoms with Gasteiger partial charge in [0, 0.05) is 17.0 Å². The Morgan fingerprint density at radius 1 is 1.19 bits per heavy atom. The minimum Gasteiger partial charge on any atom is -0.493 e. The number of aryl methyl sites for hydroxylation is 2. The van der Waals surface area contributed by atoms with Crippen LogP contribution in [0.2, 0.25) is 0 Å². The Balaban J connectivity index is 1.56. The molecule has 3 aromatic rings. The first kappa shape index (κ1) is 16.2. The molecule has 0 bridgehead atoms. The van der Waals surface area contributed by atoms with Crippen molar-refractivity contribution in [3.63, 3.8) is 0 Å². The van der Waals surface area contributed by atoms with Crippen LogP contribution in [-0.4, -0.2) is 13.1 Å². The lowest BCUT2D eigenvalue weighted by molar-refractivity contribution is -0.133. The SMILES string of the molecule is COc1cc(C#N)ccc1OC(=O)Cc1coc2cc3c(cc12)CCC3. The summed E-state index contributed by atoms with van der Waals surface area (Å²) in [5.74, 6) is 0.244. The molecule has 0 unspecified atom stereocenters. The van der Waals surface area contributed by atoms with Crippen LogP contribution in [0, 0.1) is 11.3 Å². The molecule has 5 nitrogen and oxygen atoms in total. The number of benzene rings is 2. The number of nitriles is 1. The summed E-state index contributed by atoms with van der Waals surface area (Å²) in [7, 11) is 1.47. The predicted molar refractivity (Wildman–Crippen MR) is 95.3 cm³/mol. The lowest BCUT2D eigenvalue weighted by Crippen LogP contribution is -2.11. The van der Waals surface area contributed by atoms with Gasteiger partial charge in [-0.3, -0.25) is 4.79 Å². The van der Waals surface area contributed by atoms with Gasteiger partial charge in [-0.1, -0.05) is 0 Å². The van der Waals surface area contributed by atoms with E-state index < -0.39 is 5.97 Å². The maximum absolute atomic E-state index is 12.4. The Morgan fingerprint density at radius 3 is 2.77 bits per heavy atom.